The monoisotopic (exact) mass is 334 g/mol. The molecule has 3 rings (SSSR count). The molecule has 0 unspecified atom stereocenters. The Hall–Kier alpha value is -1.59. The first-order chi connectivity index (χ1) is 9.24. The molecule has 0 saturated carbocycles. The molecule has 1 heterocycles. The van der Waals surface area contributed by atoms with Crippen LogP contribution in [0.15, 0.2) is 46.9 Å². The zero-order chi connectivity index (χ0) is 13.2. The van der Waals surface area contributed by atoms with Gasteiger partial charge in [-0.3, -0.25) is 0 Å². The van der Waals surface area contributed by atoms with Crippen molar-refractivity contribution in [2.24, 2.45) is 0 Å². The topological polar surface area (TPSA) is 48.1 Å². The van der Waals surface area contributed by atoms with Gasteiger partial charge in [0.2, 0.25) is 0 Å². The Morgan fingerprint density at radius 2 is 2.00 bits per heavy atom. The maximum absolute atomic E-state index is 5.81. The van der Waals surface area contributed by atoms with Crippen molar-refractivity contribution in [2.45, 2.75) is 6.61 Å². The van der Waals surface area contributed by atoms with Crippen molar-refractivity contribution < 1.29 is 4.74 Å². The van der Waals surface area contributed by atoms with Gasteiger partial charge in [0.15, 0.2) is 0 Å². The number of aromatic nitrogens is 1. The molecule has 1 aromatic heterocycles. The van der Waals surface area contributed by atoms with Gasteiger partial charge >= 0.3 is 0 Å². The van der Waals surface area contributed by atoms with E-state index in [-0.39, 0.29) is 0 Å². The largest absolute Gasteiger partial charge is 0.485 e. The second-order valence-electron chi connectivity index (χ2n) is 4.02. The van der Waals surface area contributed by atoms with Gasteiger partial charge in [-0.05, 0) is 40.2 Å². The zero-order valence-electron chi connectivity index (χ0n) is 9.97. The van der Waals surface area contributed by atoms with Gasteiger partial charge < -0.3 is 10.5 Å². The lowest BCUT2D eigenvalue weighted by Crippen LogP contribution is -1.97. The second-order valence-corrected chi connectivity index (χ2v) is 5.93. The van der Waals surface area contributed by atoms with Crippen LogP contribution in [0.25, 0.3) is 10.2 Å². The van der Waals surface area contributed by atoms with E-state index in [2.05, 4.69) is 27.0 Å². The Kier molecular flexibility index (Phi) is 3.40. The predicted octanol–water partition coefficient (Wildman–Crippen LogP) is 4.22. The SMILES string of the molecule is Nc1cccc(OCc2nc3ccccc3s2)c1Br. The highest BCUT2D eigenvalue weighted by Crippen LogP contribution is 2.31. The molecule has 2 aromatic carbocycles. The number of rotatable bonds is 3. The molecule has 0 atom stereocenters. The van der Waals surface area contributed by atoms with Gasteiger partial charge in [-0.25, -0.2) is 4.98 Å². The summed E-state index contributed by atoms with van der Waals surface area (Å²) in [6.07, 6.45) is 0. The van der Waals surface area contributed by atoms with E-state index in [1.54, 1.807) is 11.3 Å². The summed E-state index contributed by atoms with van der Waals surface area (Å²) in [6.45, 7) is 0.446. The number of hydrogen-bond acceptors (Lipinski definition) is 4. The van der Waals surface area contributed by atoms with Crippen molar-refractivity contribution in [1.29, 1.82) is 0 Å². The summed E-state index contributed by atoms with van der Waals surface area (Å²) in [7, 11) is 0. The van der Waals surface area contributed by atoms with Gasteiger partial charge in [-0.1, -0.05) is 18.2 Å². The molecule has 5 heteroatoms. The Balaban J connectivity index is 1.80. The predicted molar refractivity (Wildman–Crippen MR) is 82.5 cm³/mol. The maximum Gasteiger partial charge on any atom is 0.140 e. The lowest BCUT2D eigenvalue weighted by molar-refractivity contribution is 0.304. The molecule has 0 saturated heterocycles. The molecule has 0 aliphatic rings. The van der Waals surface area contributed by atoms with Crippen LogP contribution in [0.5, 0.6) is 5.75 Å². The first kappa shape index (κ1) is 12.4. The lowest BCUT2D eigenvalue weighted by Gasteiger charge is -2.07. The van der Waals surface area contributed by atoms with E-state index in [1.807, 2.05) is 36.4 Å². The number of benzene rings is 2. The summed E-state index contributed by atoms with van der Waals surface area (Å²) in [5.41, 5.74) is 7.49. The molecule has 0 fully saturated rings. The lowest BCUT2D eigenvalue weighted by atomic mass is 10.3. The van der Waals surface area contributed by atoms with Gasteiger partial charge in [-0.2, -0.15) is 0 Å². The fourth-order valence-corrected chi connectivity index (χ4v) is 3.02. The summed E-state index contributed by atoms with van der Waals surface area (Å²) in [4.78, 5) is 4.53. The van der Waals surface area contributed by atoms with Crippen LogP contribution >= 0.6 is 27.3 Å². The molecule has 2 N–H and O–H groups in total. The van der Waals surface area contributed by atoms with Crippen LogP contribution in [0.4, 0.5) is 5.69 Å². The molecule has 19 heavy (non-hydrogen) atoms. The average molecular weight is 335 g/mol. The fraction of sp³-hybridized carbons (Fsp3) is 0.0714. The number of nitrogens with zero attached hydrogens (tertiary/aromatic N) is 1. The van der Waals surface area contributed by atoms with E-state index in [4.69, 9.17) is 10.5 Å². The number of nitrogens with two attached hydrogens (primary N) is 1. The van der Waals surface area contributed by atoms with Crippen molar-refractivity contribution in [3.05, 3.63) is 51.9 Å². The quantitative estimate of drug-likeness (QED) is 0.729. The van der Waals surface area contributed by atoms with Crippen molar-refractivity contribution in [2.75, 3.05) is 5.73 Å². The van der Waals surface area contributed by atoms with Gasteiger partial charge in [-0.15, -0.1) is 11.3 Å². The summed E-state index contributed by atoms with van der Waals surface area (Å²) < 4.78 is 7.72. The van der Waals surface area contributed by atoms with E-state index >= 15 is 0 Å². The van der Waals surface area contributed by atoms with Crippen molar-refractivity contribution >= 4 is 43.2 Å². The number of ether oxygens (including phenoxy) is 1. The van der Waals surface area contributed by atoms with Crippen molar-refractivity contribution in [1.82, 2.24) is 4.98 Å². The average Bonchev–Trinajstić information content (AvgIpc) is 2.83. The van der Waals surface area contributed by atoms with Crippen LogP contribution in [-0.2, 0) is 6.61 Å². The molecule has 0 aliphatic heterocycles. The van der Waals surface area contributed by atoms with Gasteiger partial charge in [0.05, 0.1) is 14.7 Å². The fourth-order valence-electron chi connectivity index (χ4n) is 1.76. The Bertz CT molecular complexity index is 693. The molecule has 3 aromatic rings. The first-order valence-electron chi connectivity index (χ1n) is 5.75. The molecular formula is C14H11BrN2OS. The third-order valence-corrected chi connectivity index (χ3v) is 4.54. The standard InChI is InChI=1S/C14H11BrN2OS/c15-14-9(16)4-3-6-11(14)18-8-13-17-10-5-1-2-7-12(10)19-13/h1-7H,8,16H2. The number of thiazole rings is 1. The molecule has 0 aliphatic carbocycles. The third-order valence-electron chi connectivity index (χ3n) is 2.68. The first-order valence-corrected chi connectivity index (χ1v) is 7.36. The van der Waals surface area contributed by atoms with Gasteiger partial charge in [0.25, 0.3) is 0 Å². The molecule has 96 valence electrons. The summed E-state index contributed by atoms with van der Waals surface area (Å²) in [6, 6.07) is 13.6. The molecule has 0 bridgehead atoms. The van der Waals surface area contributed by atoms with Crippen molar-refractivity contribution in [3.63, 3.8) is 0 Å². The minimum absolute atomic E-state index is 0.446. The molecule has 3 nitrogen and oxygen atoms in total. The summed E-state index contributed by atoms with van der Waals surface area (Å²) in [5, 5.41) is 0.954. The van der Waals surface area contributed by atoms with E-state index in [1.165, 1.54) is 4.70 Å². The van der Waals surface area contributed by atoms with Crippen LogP contribution in [0, 0.1) is 0 Å². The molecular weight excluding hydrogens is 324 g/mol. The van der Waals surface area contributed by atoms with Crippen LogP contribution in [0.3, 0.4) is 0 Å². The van der Waals surface area contributed by atoms with Crippen LogP contribution in [-0.4, -0.2) is 4.98 Å². The van der Waals surface area contributed by atoms with E-state index in [9.17, 15) is 0 Å². The van der Waals surface area contributed by atoms with Crippen molar-refractivity contribution in [3.8, 4) is 5.75 Å². The summed E-state index contributed by atoms with van der Waals surface area (Å²) >= 11 is 5.07. The highest BCUT2D eigenvalue weighted by atomic mass is 79.9. The Morgan fingerprint density at radius 3 is 2.84 bits per heavy atom. The number of hydrogen-bond donors (Lipinski definition) is 1. The minimum Gasteiger partial charge on any atom is -0.485 e. The maximum atomic E-state index is 5.81. The van der Waals surface area contributed by atoms with E-state index < -0.39 is 0 Å². The number of halogens is 1. The Labute approximate surface area is 123 Å². The number of fused-ring (bicyclic) bond motifs is 1. The van der Waals surface area contributed by atoms with Gasteiger partial charge in [0, 0.05) is 5.69 Å². The highest BCUT2D eigenvalue weighted by molar-refractivity contribution is 9.10. The number of nitrogen functional groups attached to an aromatic ring is 1. The minimum atomic E-state index is 0.446. The third kappa shape index (κ3) is 2.57. The highest BCUT2D eigenvalue weighted by Gasteiger charge is 2.07. The van der Waals surface area contributed by atoms with Crippen LogP contribution in [0.2, 0.25) is 0 Å². The molecule has 0 spiro atoms. The van der Waals surface area contributed by atoms with E-state index in [0.29, 0.717) is 12.3 Å². The van der Waals surface area contributed by atoms with Crippen LogP contribution < -0.4 is 10.5 Å². The smallest absolute Gasteiger partial charge is 0.140 e. The number of anilines is 1. The molecule has 0 amide bonds. The zero-order valence-corrected chi connectivity index (χ0v) is 12.4. The normalized spacial score (nSPS) is 10.8. The van der Waals surface area contributed by atoms with Gasteiger partial charge in [0.1, 0.15) is 17.4 Å². The Morgan fingerprint density at radius 1 is 1.16 bits per heavy atom. The number of para-hydroxylation sites is 1. The molecule has 0 radical (unpaired) electrons. The summed E-state index contributed by atoms with van der Waals surface area (Å²) in [5.74, 6) is 0.735. The van der Waals surface area contributed by atoms with Crippen LogP contribution in [0.1, 0.15) is 5.01 Å². The van der Waals surface area contributed by atoms with E-state index in [0.717, 1.165) is 20.7 Å². The second kappa shape index (κ2) is 5.19.